The van der Waals surface area contributed by atoms with Crippen molar-refractivity contribution in [1.82, 2.24) is 19.5 Å². The number of imidazole rings is 1. The van der Waals surface area contributed by atoms with E-state index in [0.717, 1.165) is 0 Å². The molecule has 9 nitrogen and oxygen atoms in total. The van der Waals surface area contributed by atoms with E-state index in [2.05, 4.69) is 15.0 Å². The Labute approximate surface area is 145 Å². The summed E-state index contributed by atoms with van der Waals surface area (Å²) >= 11 is 5.16. The molecule has 3 heterocycles. The maximum absolute atomic E-state index is 11.9. The van der Waals surface area contributed by atoms with Gasteiger partial charge < -0.3 is 25.3 Å². The fourth-order valence-electron chi connectivity index (χ4n) is 2.48. The van der Waals surface area contributed by atoms with Gasteiger partial charge in [0.2, 0.25) is 5.95 Å². The number of aliphatic hydroxyl groups is 1. The molecule has 24 heavy (non-hydrogen) atoms. The Balaban J connectivity index is 1.95. The number of nitrogens with one attached hydrogen (secondary N) is 1. The lowest BCUT2D eigenvalue weighted by Gasteiger charge is -2.17. The van der Waals surface area contributed by atoms with Crippen molar-refractivity contribution in [2.24, 2.45) is 5.92 Å². The zero-order valence-corrected chi connectivity index (χ0v) is 13.9. The molecule has 3 rings (SSSR count). The predicted molar refractivity (Wildman–Crippen MR) is 87.5 cm³/mol. The second-order valence-corrected chi connectivity index (χ2v) is 6.19. The molecule has 2 aromatic heterocycles. The van der Waals surface area contributed by atoms with Gasteiger partial charge in [0.05, 0.1) is 21.5 Å². The van der Waals surface area contributed by atoms with Crippen LogP contribution in [-0.2, 0) is 14.3 Å². The minimum atomic E-state index is -2.70. The highest BCUT2D eigenvalue weighted by Crippen LogP contribution is 2.33. The van der Waals surface area contributed by atoms with E-state index in [1.807, 2.05) is 0 Å². The summed E-state index contributed by atoms with van der Waals surface area (Å²) in [5, 5.41) is 9.79. The molecule has 0 amide bonds. The zero-order chi connectivity index (χ0) is 19.2. The lowest BCUT2D eigenvalue weighted by Crippen LogP contribution is -2.31. The van der Waals surface area contributed by atoms with Crippen LogP contribution in [0.25, 0.3) is 11.2 Å². The molecule has 1 aliphatic rings. The molecule has 10 heteroatoms. The molecule has 1 aliphatic heterocycles. The Morgan fingerprint density at radius 3 is 3.17 bits per heavy atom. The van der Waals surface area contributed by atoms with Crippen LogP contribution in [0.4, 0.5) is 5.95 Å². The van der Waals surface area contributed by atoms with Crippen molar-refractivity contribution in [2.45, 2.75) is 38.7 Å². The van der Waals surface area contributed by atoms with E-state index in [4.69, 9.17) is 30.2 Å². The SMILES string of the molecule is [2H]C([2H])(O)[C@H]1O[C@@H](n2cnc3c(=S)[nH]c(N)nc32)C[C@@H]1OC(=O)C(C)C. The molecule has 2 aromatic rings. The second-order valence-electron chi connectivity index (χ2n) is 5.78. The summed E-state index contributed by atoms with van der Waals surface area (Å²) in [6, 6.07) is 0. The number of nitrogens with zero attached hydrogens (tertiary/aromatic N) is 3. The van der Waals surface area contributed by atoms with Crippen molar-refractivity contribution >= 4 is 35.3 Å². The maximum atomic E-state index is 11.9. The molecule has 1 saturated heterocycles. The maximum Gasteiger partial charge on any atom is 0.308 e. The first kappa shape index (κ1) is 14.3. The van der Waals surface area contributed by atoms with Crippen molar-refractivity contribution in [3.63, 3.8) is 0 Å². The monoisotopic (exact) mass is 355 g/mol. The number of rotatable bonds is 4. The van der Waals surface area contributed by atoms with Crippen LogP contribution in [0.2, 0.25) is 0 Å². The van der Waals surface area contributed by atoms with Gasteiger partial charge in [-0.25, -0.2) is 4.98 Å². The van der Waals surface area contributed by atoms with Crippen molar-refractivity contribution in [3.8, 4) is 0 Å². The molecule has 0 saturated carbocycles. The lowest BCUT2D eigenvalue weighted by atomic mass is 10.1. The fraction of sp³-hybridized carbons (Fsp3) is 0.571. The van der Waals surface area contributed by atoms with Gasteiger partial charge in [0.15, 0.2) is 5.65 Å². The first-order valence-corrected chi connectivity index (χ1v) is 7.79. The van der Waals surface area contributed by atoms with E-state index in [1.165, 1.54) is 10.9 Å². The van der Waals surface area contributed by atoms with Crippen LogP contribution in [0.15, 0.2) is 6.33 Å². The lowest BCUT2D eigenvalue weighted by molar-refractivity contribution is -0.156. The van der Waals surface area contributed by atoms with E-state index in [0.29, 0.717) is 15.8 Å². The molecular weight excluding hydrogens is 334 g/mol. The third kappa shape index (κ3) is 2.99. The van der Waals surface area contributed by atoms with Gasteiger partial charge >= 0.3 is 5.97 Å². The van der Waals surface area contributed by atoms with E-state index in [-0.39, 0.29) is 12.4 Å². The number of nitrogen functional groups attached to an aromatic ring is 1. The number of fused-ring (bicyclic) bond motifs is 1. The van der Waals surface area contributed by atoms with Crippen LogP contribution in [0.1, 0.15) is 29.2 Å². The third-order valence-corrected chi connectivity index (χ3v) is 4.00. The average molecular weight is 355 g/mol. The Morgan fingerprint density at radius 2 is 2.50 bits per heavy atom. The number of aromatic amines is 1. The minimum absolute atomic E-state index is 0.0964. The number of H-pyrrole nitrogens is 1. The number of anilines is 1. The minimum Gasteiger partial charge on any atom is -0.459 e. The van der Waals surface area contributed by atoms with Gasteiger partial charge in [0.25, 0.3) is 0 Å². The summed E-state index contributed by atoms with van der Waals surface area (Å²) in [7, 11) is 0. The van der Waals surface area contributed by atoms with Gasteiger partial charge in [0.1, 0.15) is 28.6 Å². The Morgan fingerprint density at radius 1 is 1.75 bits per heavy atom. The quantitative estimate of drug-likeness (QED) is 0.545. The Kier molecular flexibility index (Phi) is 3.85. The standard InChI is InChI=1S/C14H19N5O4S/c1-6(2)13(21)23-7-3-9(22-8(7)4-20)19-5-16-10-11(19)17-14(15)18-12(10)24/h5-9,20H,3-4H2,1-2H3,(H3,15,17,18,24)/t7-,8+,9+/m0/s1/i4D2. The topological polar surface area (TPSA) is 128 Å². The van der Waals surface area contributed by atoms with Gasteiger partial charge in [-0.15, -0.1) is 0 Å². The van der Waals surface area contributed by atoms with Crippen LogP contribution in [0.5, 0.6) is 0 Å². The third-order valence-electron chi connectivity index (χ3n) is 3.70. The van der Waals surface area contributed by atoms with Gasteiger partial charge in [-0.1, -0.05) is 26.1 Å². The van der Waals surface area contributed by atoms with Crippen LogP contribution in [0, 0.1) is 10.6 Å². The highest BCUT2D eigenvalue weighted by molar-refractivity contribution is 7.71. The number of aromatic nitrogens is 4. The van der Waals surface area contributed by atoms with Crippen LogP contribution >= 0.6 is 12.2 Å². The number of ether oxygens (including phenoxy) is 2. The molecular formula is C14H19N5O4S. The van der Waals surface area contributed by atoms with Crippen LogP contribution in [-0.4, -0.2) is 49.4 Å². The molecule has 0 spiro atoms. The molecule has 0 unspecified atom stereocenters. The van der Waals surface area contributed by atoms with Crippen LogP contribution in [0.3, 0.4) is 0 Å². The number of hydrogen-bond donors (Lipinski definition) is 3. The molecule has 130 valence electrons. The summed E-state index contributed by atoms with van der Waals surface area (Å²) < 4.78 is 28.0. The summed E-state index contributed by atoms with van der Waals surface area (Å²) in [5.41, 5.74) is 6.45. The number of hydrogen-bond acceptors (Lipinski definition) is 8. The zero-order valence-electron chi connectivity index (χ0n) is 15.1. The molecule has 4 N–H and O–H groups in total. The largest absolute Gasteiger partial charge is 0.459 e. The Bertz CT molecular complexity index is 894. The molecule has 3 atom stereocenters. The van der Waals surface area contributed by atoms with E-state index < -0.39 is 36.9 Å². The molecule has 0 bridgehead atoms. The highest BCUT2D eigenvalue weighted by Gasteiger charge is 2.39. The summed E-state index contributed by atoms with van der Waals surface area (Å²) in [6.07, 6.45) is -1.55. The molecule has 1 fully saturated rings. The van der Waals surface area contributed by atoms with E-state index in [9.17, 15) is 9.90 Å². The van der Waals surface area contributed by atoms with Gasteiger partial charge in [-0.2, -0.15) is 4.98 Å². The average Bonchev–Trinajstić information content (AvgIpc) is 3.10. The van der Waals surface area contributed by atoms with Crippen molar-refractivity contribution in [3.05, 3.63) is 11.0 Å². The van der Waals surface area contributed by atoms with E-state index >= 15 is 0 Å². The predicted octanol–water partition coefficient (Wildman–Crippen LogP) is 0.919. The first-order valence-electron chi connectivity index (χ1n) is 8.38. The second kappa shape index (κ2) is 6.46. The molecule has 0 aliphatic carbocycles. The highest BCUT2D eigenvalue weighted by atomic mass is 32.1. The summed E-state index contributed by atoms with van der Waals surface area (Å²) in [6.45, 7) is 0.627. The smallest absolute Gasteiger partial charge is 0.308 e. The Hall–Kier alpha value is -2.04. The fourth-order valence-corrected chi connectivity index (χ4v) is 2.73. The van der Waals surface area contributed by atoms with Gasteiger partial charge in [0, 0.05) is 6.42 Å². The first-order chi connectivity index (χ1) is 12.1. The summed E-state index contributed by atoms with van der Waals surface area (Å²) in [4.78, 5) is 22.9. The van der Waals surface area contributed by atoms with Crippen molar-refractivity contribution in [1.29, 1.82) is 0 Å². The number of carbonyl (C=O) groups excluding carboxylic acids is 1. The van der Waals surface area contributed by atoms with Crippen molar-refractivity contribution in [2.75, 3.05) is 12.3 Å². The molecule has 0 radical (unpaired) electrons. The summed E-state index contributed by atoms with van der Waals surface area (Å²) in [5.74, 6) is -0.805. The van der Waals surface area contributed by atoms with Crippen LogP contribution < -0.4 is 5.73 Å². The number of nitrogens with two attached hydrogens (primary N) is 1. The van der Waals surface area contributed by atoms with Gasteiger partial charge in [-0.3, -0.25) is 9.36 Å². The number of esters is 1. The van der Waals surface area contributed by atoms with Crippen molar-refractivity contribution < 1.29 is 22.1 Å². The normalized spacial score (nSPS) is 25.8. The van der Waals surface area contributed by atoms with Gasteiger partial charge in [-0.05, 0) is 0 Å². The molecule has 0 aromatic carbocycles. The van der Waals surface area contributed by atoms with E-state index in [1.54, 1.807) is 13.8 Å². The number of carbonyl (C=O) groups is 1.